The lowest BCUT2D eigenvalue weighted by Gasteiger charge is -2.02. The maximum absolute atomic E-state index is 12.2. The summed E-state index contributed by atoms with van der Waals surface area (Å²) in [5.41, 5.74) is 2.68. The van der Waals surface area contributed by atoms with Crippen LogP contribution >= 0.6 is 22.6 Å². The van der Waals surface area contributed by atoms with E-state index in [1.165, 1.54) is 0 Å². The standard InChI is InChI=1S/C7H5F2IN2O2/c8-5(9)2-1-12-6(10)3(4(2)13)7(11)14/h1,5H,(H2,11,14)(H,12,13). The lowest BCUT2D eigenvalue weighted by atomic mass is 10.2. The Morgan fingerprint density at radius 3 is 2.57 bits per heavy atom. The first-order valence-corrected chi connectivity index (χ1v) is 4.52. The first-order valence-electron chi connectivity index (χ1n) is 3.44. The number of nitrogens with two attached hydrogens (primary N) is 1. The minimum Gasteiger partial charge on any atom is -0.365 e. The van der Waals surface area contributed by atoms with Gasteiger partial charge in [0.1, 0.15) is 5.56 Å². The number of pyridine rings is 1. The van der Waals surface area contributed by atoms with Crippen LogP contribution in [0.15, 0.2) is 11.0 Å². The number of amides is 1. The lowest BCUT2D eigenvalue weighted by molar-refractivity contribution is 0.0997. The molecule has 1 amide bonds. The largest absolute Gasteiger partial charge is 0.365 e. The van der Waals surface area contributed by atoms with Gasteiger partial charge >= 0.3 is 0 Å². The zero-order valence-corrected chi connectivity index (χ0v) is 8.84. The molecular formula is C7H5F2IN2O2. The Morgan fingerprint density at radius 2 is 2.14 bits per heavy atom. The highest BCUT2D eigenvalue weighted by molar-refractivity contribution is 14.1. The lowest BCUT2D eigenvalue weighted by Crippen LogP contribution is -2.26. The second-order valence-corrected chi connectivity index (χ2v) is 3.51. The van der Waals surface area contributed by atoms with Crippen molar-refractivity contribution in [2.45, 2.75) is 6.43 Å². The van der Waals surface area contributed by atoms with Crippen molar-refractivity contribution in [3.8, 4) is 0 Å². The molecule has 0 aromatic carbocycles. The molecule has 3 N–H and O–H groups in total. The second-order valence-electron chi connectivity index (χ2n) is 2.43. The van der Waals surface area contributed by atoms with Gasteiger partial charge in [-0.3, -0.25) is 9.59 Å². The van der Waals surface area contributed by atoms with Gasteiger partial charge in [-0.1, -0.05) is 0 Å². The topological polar surface area (TPSA) is 76.0 Å². The number of alkyl halides is 2. The van der Waals surface area contributed by atoms with Crippen molar-refractivity contribution >= 4 is 28.5 Å². The van der Waals surface area contributed by atoms with Crippen molar-refractivity contribution < 1.29 is 13.6 Å². The molecule has 0 spiro atoms. The number of primary amides is 1. The summed E-state index contributed by atoms with van der Waals surface area (Å²) in [5, 5.41) is 0. The minimum atomic E-state index is -2.92. The van der Waals surface area contributed by atoms with Gasteiger partial charge < -0.3 is 10.7 Å². The number of carbonyl (C=O) groups excluding carboxylic acids is 1. The van der Waals surface area contributed by atoms with E-state index in [-0.39, 0.29) is 3.70 Å². The molecule has 0 atom stereocenters. The summed E-state index contributed by atoms with van der Waals surface area (Å²) in [5.74, 6) is -1.02. The highest BCUT2D eigenvalue weighted by Gasteiger charge is 2.19. The van der Waals surface area contributed by atoms with Crippen LogP contribution in [0.3, 0.4) is 0 Å². The summed E-state index contributed by atoms with van der Waals surface area (Å²) >= 11 is 1.64. The fraction of sp³-hybridized carbons (Fsp3) is 0.143. The van der Waals surface area contributed by atoms with Crippen molar-refractivity contribution in [2.75, 3.05) is 0 Å². The summed E-state index contributed by atoms with van der Waals surface area (Å²) in [6.07, 6.45) is -2.05. The fourth-order valence-electron chi connectivity index (χ4n) is 0.905. The van der Waals surface area contributed by atoms with Gasteiger partial charge in [0.2, 0.25) is 5.43 Å². The third kappa shape index (κ3) is 1.91. The molecule has 0 radical (unpaired) electrons. The molecule has 7 heteroatoms. The average Bonchev–Trinajstić information content (AvgIpc) is 2.02. The Balaban J connectivity index is 3.50. The van der Waals surface area contributed by atoms with E-state index < -0.39 is 28.9 Å². The zero-order chi connectivity index (χ0) is 10.9. The molecule has 76 valence electrons. The van der Waals surface area contributed by atoms with Crippen molar-refractivity contribution in [3.05, 3.63) is 31.2 Å². The number of rotatable bonds is 2. The number of H-pyrrole nitrogens is 1. The number of carbonyl (C=O) groups is 1. The first-order chi connectivity index (χ1) is 6.45. The van der Waals surface area contributed by atoms with Crippen LogP contribution in [-0.4, -0.2) is 10.9 Å². The predicted octanol–water partition coefficient (Wildman–Crippen LogP) is 1.02. The van der Waals surface area contributed by atoms with E-state index >= 15 is 0 Å². The Morgan fingerprint density at radius 1 is 1.57 bits per heavy atom. The molecule has 0 unspecified atom stereocenters. The second kappa shape index (κ2) is 4.03. The number of hydrogen-bond donors (Lipinski definition) is 2. The van der Waals surface area contributed by atoms with Crippen LogP contribution in [0.25, 0.3) is 0 Å². The maximum atomic E-state index is 12.2. The first kappa shape index (κ1) is 11.1. The van der Waals surface area contributed by atoms with E-state index in [2.05, 4.69) is 4.98 Å². The smallest absolute Gasteiger partial charge is 0.269 e. The summed E-state index contributed by atoms with van der Waals surface area (Å²) < 4.78 is 24.6. The van der Waals surface area contributed by atoms with Gasteiger partial charge in [-0.05, 0) is 22.6 Å². The monoisotopic (exact) mass is 314 g/mol. The average molecular weight is 314 g/mol. The van der Waals surface area contributed by atoms with Crippen molar-refractivity contribution in [1.29, 1.82) is 0 Å². The van der Waals surface area contributed by atoms with Gasteiger partial charge in [0.15, 0.2) is 0 Å². The molecule has 0 aliphatic carbocycles. The van der Waals surface area contributed by atoms with Crippen LogP contribution in [-0.2, 0) is 0 Å². The number of aromatic amines is 1. The van der Waals surface area contributed by atoms with Crippen LogP contribution in [0, 0.1) is 3.70 Å². The zero-order valence-electron chi connectivity index (χ0n) is 6.68. The summed E-state index contributed by atoms with van der Waals surface area (Å²) in [4.78, 5) is 24.4. The molecule has 14 heavy (non-hydrogen) atoms. The van der Waals surface area contributed by atoms with Gasteiger partial charge in [-0.15, -0.1) is 0 Å². The SMILES string of the molecule is NC(=O)c1c(I)[nH]cc(C(F)F)c1=O. The highest BCUT2D eigenvalue weighted by Crippen LogP contribution is 2.15. The van der Waals surface area contributed by atoms with E-state index in [0.29, 0.717) is 0 Å². The van der Waals surface area contributed by atoms with Crippen LogP contribution in [0.4, 0.5) is 8.78 Å². The molecule has 0 saturated carbocycles. The minimum absolute atomic E-state index is 0.157. The molecule has 4 nitrogen and oxygen atoms in total. The Hall–Kier alpha value is -0.990. The summed E-state index contributed by atoms with van der Waals surface area (Å²) in [7, 11) is 0. The van der Waals surface area contributed by atoms with Crippen LogP contribution in [0.5, 0.6) is 0 Å². The van der Waals surface area contributed by atoms with Gasteiger partial charge in [-0.2, -0.15) is 0 Å². The van der Waals surface area contributed by atoms with Crippen molar-refractivity contribution in [1.82, 2.24) is 4.98 Å². The van der Waals surface area contributed by atoms with E-state index in [1.54, 1.807) is 22.6 Å². The maximum Gasteiger partial charge on any atom is 0.269 e. The number of nitrogens with one attached hydrogen (secondary N) is 1. The molecule has 0 aliphatic heterocycles. The molecule has 0 fully saturated rings. The normalized spacial score (nSPS) is 10.6. The number of halogens is 3. The molecule has 1 heterocycles. The van der Waals surface area contributed by atoms with E-state index in [4.69, 9.17) is 5.73 Å². The van der Waals surface area contributed by atoms with Crippen molar-refractivity contribution in [3.63, 3.8) is 0 Å². The number of aromatic nitrogens is 1. The van der Waals surface area contributed by atoms with Gasteiger partial charge in [0, 0.05) is 6.20 Å². The Bertz CT molecular complexity index is 430. The predicted molar refractivity (Wildman–Crippen MR) is 53.3 cm³/mol. The third-order valence-electron chi connectivity index (χ3n) is 1.54. The third-order valence-corrected chi connectivity index (χ3v) is 2.40. The number of hydrogen-bond acceptors (Lipinski definition) is 2. The van der Waals surface area contributed by atoms with Gasteiger partial charge in [0.25, 0.3) is 12.3 Å². The van der Waals surface area contributed by atoms with Crippen LogP contribution in [0.2, 0.25) is 0 Å². The fourth-order valence-corrected chi connectivity index (χ4v) is 1.57. The van der Waals surface area contributed by atoms with E-state index in [0.717, 1.165) is 6.20 Å². The molecule has 1 aromatic rings. The van der Waals surface area contributed by atoms with Crippen molar-refractivity contribution in [2.24, 2.45) is 5.73 Å². The van der Waals surface area contributed by atoms with E-state index in [9.17, 15) is 18.4 Å². The Kier molecular flexibility index (Phi) is 3.19. The molecule has 1 rings (SSSR count). The van der Waals surface area contributed by atoms with Gasteiger partial charge in [0.05, 0.1) is 9.26 Å². The van der Waals surface area contributed by atoms with Gasteiger partial charge in [-0.25, -0.2) is 8.78 Å². The molecule has 0 aliphatic rings. The molecule has 1 aromatic heterocycles. The molecule has 0 bridgehead atoms. The molecule has 0 saturated heterocycles. The molecular weight excluding hydrogens is 309 g/mol. The highest BCUT2D eigenvalue weighted by atomic mass is 127. The Labute approximate surface area is 90.6 Å². The summed E-state index contributed by atoms with van der Waals surface area (Å²) in [6, 6.07) is 0. The van der Waals surface area contributed by atoms with Crippen LogP contribution in [0.1, 0.15) is 22.3 Å². The summed E-state index contributed by atoms with van der Waals surface area (Å²) in [6.45, 7) is 0. The van der Waals surface area contributed by atoms with Crippen LogP contribution < -0.4 is 11.2 Å². The van der Waals surface area contributed by atoms with E-state index in [1.807, 2.05) is 0 Å². The quantitative estimate of drug-likeness (QED) is 0.631.